The molecule has 4 heteroatoms. The van der Waals surface area contributed by atoms with Gasteiger partial charge in [0.1, 0.15) is 0 Å². The van der Waals surface area contributed by atoms with Crippen molar-refractivity contribution in [1.82, 2.24) is 0 Å². The SMILES string of the molecule is COCc1cccc(C(=O)COc2ccccc2F)c1. The standard InChI is InChI=1S/C16H15FO3/c1-19-10-12-5-4-6-13(9-12)15(18)11-20-16-8-3-2-7-14(16)17/h2-9H,10-11H2,1H3. The Morgan fingerprint density at radius 2 is 1.95 bits per heavy atom. The predicted octanol–water partition coefficient (Wildman–Crippen LogP) is 3.23. The third kappa shape index (κ3) is 3.65. The number of ether oxygens (including phenoxy) is 2. The molecule has 0 amide bonds. The molecule has 0 radical (unpaired) electrons. The summed E-state index contributed by atoms with van der Waals surface area (Å²) in [7, 11) is 1.59. The highest BCUT2D eigenvalue weighted by Gasteiger charge is 2.09. The van der Waals surface area contributed by atoms with E-state index in [4.69, 9.17) is 9.47 Å². The molecule has 0 atom stereocenters. The second-order valence-corrected chi connectivity index (χ2v) is 4.28. The molecular formula is C16H15FO3. The zero-order chi connectivity index (χ0) is 14.4. The number of Topliss-reactive ketones (excluding diaryl/α,β-unsaturated/α-hetero) is 1. The van der Waals surface area contributed by atoms with Gasteiger partial charge in [-0.2, -0.15) is 0 Å². The Hall–Kier alpha value is -2.20. The number of methoxy groups -OCH3 is 1. The van der Waals surface area contributed by atoms with Crippen molar-refractivity contribution in [1.29, 1.82) is 0 Å². The van der Waals surface area contributed by atoms with Crippen LogP contribution in [0.5, 0.6) is 5.75 Å². The third-order valence-corrected chi connectivity index (χ3v) is 2.76. The molecule has 0 aliphatic rings. The molecule has 0 heterocycles. The van der Waals surface area contributed by atoms with Crippen LogP contribution in [0, 0.1) is 5.82 Å². The molecular weight excluding hydrogens is 259 g/mol. The van der Waals surface area contributed by atoms with Crippen LogP contribution in [0.4, 0.5) is 4.39 Å². The van der Waals surface area contributed by atoms with Crippen LogP contribution < -0.4 is 4.74 Å². The van der Waals surface area contributed by atoms with Gasteiger partial charge in [0, 0.05) is 12.7 Å². The Kier molecular flexibility index (Phi) is 4.85. The number of hydrogen-bond donors (Lipinski definition) is 0. The molecule has 2 rings (SSSR count). The molecule has 0 aromatic heterocycles. The molecule has 3 nitrogen and oxygen atoms in total. The van der Waals surface area contributed by atoms with Gasteiger partial charge in [0.2, 0.25) is 0 Å². The number of benzene rings is 2. The lowest BCUT2D eigenvalue weighted by atomic mass is 10.1. The van der Waals surface area contributed by atoms with Gasteiger partial charge >= 0.3 is 0 Å². The quantitative estimate of drug-likeness (QED) is 0.759. The van der Waals surface area contributed by atoms with Crippen LogP contribution in [0.3, 0.4) is 0 Å². The molecule has 0 saturated heterocycles. The maximum atomic E-state index is 13.4. The van der Waals surface area contributed by atoms with Crippen LogP contribution in [0.1, 0.15) is 15.9 Å². The highest BCUT2D eigenvalue weighted by atomic mass is 19.1. The Labute approximate surface area is 117 Å². The first-order chi connectivity index (χ1) is 9.70. The summed E-state index contributed by atoms with van der Waals surface area (Å²) in [5.74, 6) is -0.603. The van der Waals surface area contributed by atoms with Gasteiger partial charge in [-0.3, -0.25) is 4.79 Å². The van der Waals surface area contributed by atoms with Crippen molar-refractivity contribution in [3.8, 4) is 5.75 Å². The van der Waals surface area contributed by atoms with Crippen molar-refractivity contribution >= 4 is 5.78 Å². The number of carbonyl (C=O) groups is 1. The van der Waals surface area contributed by atoms with Gasteiger partial charge in [-0.25, -0.2) is 4.39 Å². The Morgan fingerprint density at radius 1 is 1.15 bits per heavy atom. The monoisotopic (exact) mass is 274 g/mol. The van der Waals surface area contributed by atoms with E-state index >= 15 is 0 Å². The Bertz CT molecular complexity index is 596. The van der Waals surface area contributed by atoms with Gasteiger partial charge in [0.05, 0.1) is 6.61 Å². The number of halogens is 1. The molecule has 0 unspecified atom stereocenters. The lowest BCUT2D eigenvalue weighted by Crippen LogP contribution is -2.12. The molecule has 2 aromatic rings. The average molecular weight is 274 g/mol. The summed E-state index contributed by atoms with van der Waals surface area (Å²) in [6.07, 6.45) is 0. The van der Waals surface area contributed by atoms with Crippen molar-refractivity contribution in [2.45, 2.75) is 6.61 Å². The van der Waals surface area contributed by atoms with Crippen LogP contribution in [0.15, 0.2) is 48.5 Å². The maximum absolute atomic E-state index is 13.4. The lowest BCUT2D eigenvalue weighted by molar-refractivity contribution is 0.0918. The van der Waals surface area contributed by atoms with E-state index in [2.05, 4.69) is 0 Å². The maximum Gasteiger partial charge on any atom is 0.200 e. The summed E-state index contributed by atoms with van der Waals surface area (Å²) in [5.41, 5.74) is 1.43. The van der Waals surface area contributed by atoms with Crippen LogP contribution >= 0.6 is 0 Å². The molecule has 20 heavy (non-hydrogen) atoms. The van der Waals surface area contributed by atoms with Gasteiger partial charge in [-0.15, -0.1) is 0 Å². The molecule has 0 N–H and O–H groups in total. The first kappa shape index (κ1) is 14.2. The van der Waals surface area contributed by atoms with Gasteiger partial charge < -0.3 is 9.47 Å². The van der Waals surface area contributed by atoms with Crippen molar-refractivity contribution in [2.75, 3.05) is 13.7 Å². The summed E-state index contributed by atoms with van der Waals surface area (Å²) < 4.78 is 23.6. The minimum atomic E-state index is -0.478. The van der Waals surface area contributed by atoms with Crippen LogP contribution in [0.2, 0.25) is 0 Å². The summed E-state index contributed by atoms with van der Waals surface area (Å²) in [6.45, 7) is 0.243. The highest BCUT2D eigenvalue weighted by molar-refractivity contribution is 5.97. The van der Waals surface area contributed by atoms with Gasteiger partial charge in [0.15, 0.2) is 24.0 Å². The summed E-state index contributed by atoms with van der Waals surface area (Å²) in [4.78, 5) is 12.0. The molecule has 0 aliphatic heterocycles. The van der Waals surface area contributed by atoms with Crippen molar-refractivity contribution < 1.29 is 18.7 Å². The van der Waals surface area contributed by atoms with Crippen LogP contribution in [0.25, 0.3) is 0 Å². The largest absolute Gasteiger partial charge is 0.482 e. The minimum Gasteiger partial charge on any atom is -0.482 e. The number of carbonyl (C=O) groups excluding carboxylic acids is 1. The first-order valence-electron chi connectivity index (χ1n) is 6.19. The third-order valence-electron chi connectivity index (χ3n) is 2.76. The van der Waals surface area contributed by atoms with E-state index in [0.29, 0.717) is 12.2 Å². The number of ketones is 1. The van der Waals surface area contributed by atoms with E-state index in [0.717, 1.165) is 5.56 Å². The van der Waals surface area contributed by atoms with E-state index in [9.17, 15) is 9.18 Å². The van der Waals surface area contributed by atoms with Gasteiger partial charge in [-0.1, -0.05) is 30.3 Å². The second-order valence-electron chi connectivity index (χ2n) is 4.28. The Morgan fingerprint density at radius 3 is 2.70 bits per heavy atom. The van der Waals surface area contributed by atoms with E-state index in [-0.39, 0.29) is 18.1 Å². The van der Waals surface area contributed by atoms with E-state index in [1.54, 1.807) is 37.4 Å². The van der Waals surface area contributed by atoms with Gasteiger partial charge in [-0.05, 0) is 23.8 Å². The van der Waals surface area contributed by atoms with Crippen molar-refractivity contribution in [3.63, 3.8) is 0 Å². The van der Waals surface area contributed by atoms with Gasteiger partial charge in [0.25, 0.3) is 0 Å². The van der Waals surface area contributed by atoms with Crippen molar-refractivity contribution in [2.24, 2.45) is 0 Å². The normalized spacial score (nSPS) is 10.3. The predicted molar refractivity (Wildman–Crippen MR) is 73.4 cm³/mol. The number of rotatable bonds is 6. The summed E-state index contributed by atoms with van der Waals surface area (Å²) in [5, 5.41) is 0. The molecule has 0 saturated carbocycles. The lowest BCUT2D eigenvalue weighted by Gasteiger charge is -2.07. The first-order valence-corrected chi connectivity index (χ1v) is 6.19. The zero-order valence-corrected chi connectivity index (χ0v) is 11.1. The Balaban J connectivity index is 2.01. The molecule has 104 valence electrons. The van der Waals surface area contributed by atoms with Crippen molar-refractivity contribution in [3.05, 3.63) is 65.5 Å². The average Bonchev–Trinajstić information content (AvgIpc) is 2.47. The highest BCUT2D eigenvalue weighted by Crippen LogP contribution is 2.16. The minimum absolute atomic E-state index is 0.0777. The smallest absolute Gasteiger partial charge is 0.200 e. The second kappa shape index (κ2) is 6.82. The number of hydrogen-bond acceptors (Lipinski definition) is 3. The molecule has 2 aromatic carbocycles. The topological polar surface area (TPSA) is 35.5 Å². The fourth-order valence-electron chi connectivity index (χ4n) is 1.79. The fourth-order valence-corrected chi connectivity index (χ4v) is 1.79. The molecule has 0 fully saturated rings. The van der Waals surface area contributed by atoms with Crippen LogP contribution in [-0.2, 0) is 11.3 Å². The van der Waals surface area contributed by atoms with E-state index in [1.165, 1.54) is 12.1 Å². The zero-order valence-electron chi connectivity index (χ0n) is 11.1. The molecule has 0 bridgehead atoms. The van der Waals surface area contributed by atoms with Crippen LogP contribution in [-0.4, -0.2) is 19.5 Å². The van der Waals surface area contributed by atoms with E-state index in [1.807, 2.05) is 6.07 Å². The fraction of sp³-hybridized carbons (Fsp3) is 0.188. The molecule has 0 aliphatic carbocycles. The summed E-state index contributed by atoms with van der Waals surface area (Å²) >= 11 is 0. The van der Waals surface area contributed by atoms with E-state index < -0.39 is 5.82 Å². The molecule has 0 spiro atoms. The number of para-hydroxylation sites is 1. The summed E-state index contributed by atoms with van der Waals surface area (Å²) in [6, 6.07) is 13.1.